The highest BCUT2D eigenvalue weighted by Crippen LogP contribution is 2.20. The van der Waals surface area contributed by atoms with E-state index in [9.17, 15) is 25.2 Å². The van der Waals surface area contributed by atoms with Crippen LogP contribution in [0.2, 0.25) is 0 Å². The van der Waals surface area contributed by atoms with Crippen LogP contribution in [0.3, 0.4) is 0 Å². The maximum absolute atomic E-state index is 11.1. The highest BCUT2D eigenvalue weighted by Gasteiger charge is 2.43. The second kappa shape index (κ2) is 6.27. The maximum atomic E-state index is 11.1. The van der Waals surface area contributed by atoms with E-state index in [0.29, 0.717) is 6.42 Å². The van der Waals surface area contributed by atoms with Crippen LogP contribution in [-0.4, -0.2) is 63.7 Å². The van der Waals surface area contributed by atoms with E-state index >= 15 is 0 Å². The summed E-state index contributed by atoms with van der Waals surface area (Å²) in [6.07, 6.45) is -6.30. The van der Waals surface area contributed by atoms with Crippen molar-refractivity contribution < 1.29 is 34.7 Å². The average molecular weight is 250 g/mol. The molecule has 1 aliphatic rings. The Morgan fingerprint density at radius 3 is 2.41 bits per heavy atom. The van der Waals surface area contributed by atoms with Crippen LogP contribution < -0.4 is 0 Å². The van der Waals surface area contributed by atoms with Gasteiger partial charge in [0, 0.05) is 6.42 Å². The van der Waals surface area contributed by atoms with Crippen molar-refractivity contribution in [1.29, 1.82) is 0 Å². The van der Waals surface area contributed by atoms with Crippen molar-refractivity contribution in [2.75, 3.05) is 6.61 Å². The molecule has 1 heterocycles. The van der Waals surface area contributed by atoms with Crippen LogP contribution in [0.25, 0.3) is 0 Å². The lowest BCUT2D eigenvalue weighted by atomic mass is 9.99. The van der Waals surface area contributed by atoms with Crippen molar-refractivity contribution >= 4 is 5.97 Å². The molecule has 7 heteroatoms. The number of esters is 1. The molecule has 0 radical (unpaired) electrons. The summed E-state index contributed by atoms with van der Waals surface area (Å²) < 4.78 is 9.62. The molecule has 1 unspecified atom stereocenters. The highest BCUT2D eigenvalue weighted by atomic mass is 16.6. The smallest absolute Gasteiger partial charge is 0.305 e. The molecule has 1 fully saturated rings. The molecule has 0 aromatic carbocycles. The lowest BCUT2D eigenvalue weighted by Gasteiger charge is -2.37. The molecule has 1 rings (SSSR count). The van der Waals surface area contributed by atoms with Gasteiger partial charge in [-0.15, -0.1) is 0 Å². The number of hydrogen-bond donors (Lipinski definition) is 4. The first-order chi connectivity index (χ1) is 7.97. The van der Waals surface area contributed by atoms with E-state index in [1.54, 1.807) is 0 Å². The van der Waals surface area contributed by atoms with Crippen LogP contribution in [0, 0.1) is 0 Å². The summed E-state index contributed by atoms with van der Waals surface area (Å²) in [7, 11) is 0. The zero-order valence-corrected chi connectivity index (χ0v) is 9.52. The van der Waals surface area contributed by atoms with Gasteiger partial charge in [-0.25, -0.2) is 0 Å². The lowest BCUT2D eigenvalue weighted by molar-refractivity contribution is -0.287. The fourth-order valence-corrected chi connectivity index (χ4v) is 1.52. The minimum absolute atomic E-state index is 0.247. The van der Waals surface area contributed by atoms with E-state index in [2.05, 4.69) is 0 Å². The van der Waals surface area contributed by atoms with Gasteiger partial charge in [-0.05, 0) is 6.42 Å². The van der Waals surface area contributed by atoms with E-state index in [4.69, 9.17) is 9.47 Å². The third kappa shape index (κ3) is 3.62. The van der Waals surface area contributed by atoms with Gasteiger partial charge >= 0.3 is 5.97 Å². The van der Waals surface area contributed by atoms with Crippen molar-refractivity contribution in [3.05, 3.63) is 0 Å². The topological polar surface area (TPSA) is 116 Å². The van der Waals surface area contributed by atoms with Crippen molar-refractivity contribution in [2.24, 2.45) is 0 Å². The van der Waals surface area contributed by atoms with E-state index in [1.807, 2.05) is 6.92 Å². The average Bonchev–Trinajstić information content (AvgIpc) is 2.30. The molecule has 5 atom stereocenters. The minimum atomic E-state index is -1.61. The summed E-state index contributed by atoms with van der Waals surface area (Å²) in [4.78, 5) is 11.1. The molecule has 100 valence electrons. The van der Waals surface area contributed by atoms with Gasteiger partial charge in [0.1, 0.15) is 31.0 Å². The number of aliphatic hydroxyl groups excluding tert-OH is 4. The molecular formula is C10H18O7. The van der Waals surface area contributed by atoms with Crippen LogP contribution in [0.15, 0.2) is 0 Å². The van der Waals surface area contributed by atoms with E-state index in [0.717, 1.165) is 0 Å². The first-order valence-electron chi connectivity index (χ1n) is 5.50. The van der Waals surface area contributed by atoms with Gasteiger partial charge in [0.2, 0.25) is 0 Å². The monoisotopic (exact) mass is 250 g/mol. The quantitative estimate of drug-likeness (QED) is 0.432. The summed E-state index contributed by atoms with van der Waals surface area (Å²) in [5.74, 6) is -0.446. The van der Waals surface area contributed by atoms with Gasteiger partial charge in [-0.1, -0.05) is 6.92 Å². The van der Waals surface area contributed by atoms with Crippen LogP contribution in [-0.2, 0) is 14.3 Å². The molecule has 17 heavy (non-hydrogen) atoms. The molecule has 0 amide bonds. The summed E-state index contributed by atoms with van der Waals surface area (Å²) >= 11 is 0. The molecule has 1 saturated heterocycles. The molecular weight excluding hydrogens is 232 g/mol. The third-order valence-electron chi connectivity index (χ3n) is 2.55. The zero-order chi connectivity index (χ0) is 13.0. The maximum Gasteiger partial charge on any atom is 0.305 e. The molecule has 0 spiro atoms. The fourth-order valence-electron chi connectivity index (χ4n) is 1.52. The van der Waals surface area contributed by atoms with Gasteiger partial charge < -0.3 is 29.9 Å². The molecule has 7 nitrogen and oxygen atoms in total. The predicted octanol–water partition coefficient (Wildman–Crippen LogP) is -1.87. The van der Waals surface area contributed by atoms with Gasteiger partial charge in [-0.2, -0.15) is 0 Å². The Kier molecular flexibility index (Phi) is 5.29. The molecule has 0 saturated carbocycles. The third-order valence-corrected chi connectivity index (χ3v) is 2.55. The SMILES string of the molecule is CCCC(=O)OC[C@H]1OC(O)[C@H](O)[C@@H](O)[C@H]1O. The van der Waals surface area contributed by atoms with Gasteiger partial charge in [-0.3, -0.25) is 4.79 Å². The molecule has 0 aliphatic carbocycles. The fraction of sp³-hybridized carbons (Fsp3) is 0.900. The van der Waals surface area contributed by atoms with Crippen LogP contribution in [0.4, 0.5) is 0 Å². The van der Waals surface area contributed by atoms with Crippen molar-refractivity contribution in [3.8, 4) is 0 Å². The number of rotatable bonds is 4. The number of ether oxygens (including phenoxy) is 2. The Hall–Kier alpha value is -0.730. The van der Waals surface area contributed by atoms with Crippen molar-refractivity contribution in [3.63, 3.8) is 0 Å². The highest BCUT2D eigenvalue weighted by molar-refractivity contribution is 5.69. The Bertz CT molecular complexity index is 257. The second-order valence-corrected chi connectivity index (χ2v) is 3.97. The molecule has 0 aromatic heterocycles. The summed E-state index contributed by atoms with van der Waals surface area (Å²) in [6, 6.07) is 0. The summed E-state index contributed by atoms with van der Waals surface area (Å²) in [6.45, 7) is 1.54. The van der Waals surface area contributed by atoms with Crippen LogP contribution in [0.5, 0.6) is 0 Å². The molecule has 1 aliphatic heterocycles. The first-order valence-corrected chi connectivity index (χ1v) is 5.50. The van der Waals surface area contributed by atoms with Crippen LogP contribution >= 0.6 is 0 Å². The van der Waals surface area contributed by atoms with Gasteiger partial charge in [0.15, 0.2) is 6.29 Å². The Morgan fingerprint density at radius 1 is 1.18 bits per heavy atom. The zero-order valence-electron chi connectivity index (χ0n) is 9.52. The first kappa shape index (κ1) is 14.3. The summed E-state index contributed by atoms with van der Waals surface area (Å²) in [5.41, 5.74) is 0. The largest absolute Gasteiger partial charge is 0.463 e. The second-order valence-electron chi connectivity index (χ2n) is 3.97. The number of aliphatic hydroxyl groups is 4. The normalized spacial score (nSPS) is 37.8. The minimum Gasteiger partial charge on any atom is -0.463 e. The Balaban J connectivity index is 2.45. The van der Waals surface area contributed by atoms with Crippen molar-refractivity contribution in [2.45, 2.75) is 50.5 Å². The van der Waals surface area contributed by atoms with Gasteiger partial charge in [0.05, 0.1) is 0 Å². The van der Waals surface area contributed by atoms with Gasteiger partial charge in [0.25, 0.3) is 0 Å². The van der Waals surface area contributed by atoms with Crippen molar-refractivity contribution in [1.82, 2.24) is 0 Å². The van der Waals surface area contributed by atoms with E-state index < -0.39 is 36.7 Å². The van der Waals surface area contributed by atoms with E-state index in [1.165, 1.54) is 0 Å². The standard InChI is InChI=1S/C10H18O7/c1-2-3-6(11)16-4-5-7(12)8(13)9(14)10(15)17-5/h5,7-10,12-15H,2-4H2,1H3/t5-,7+,8+,9-,10?/m1/s1. The Morgan fingerprint density at radius 2 is 1.82 bits per heavy atom. The Labute approximate surface area is 98.6 Å². The summed E-state index contributed by atoms with van der Waals surface area (Å²) in [5, 5.41) is 37.3. The predicted molar refractivity (Wildman–Crippen MR) is 54.8 cm³/mol. The number of carbonyl (C=O) groups is 1. The number of carbonyl (C=O) groups excluding carboxylic acids is 1. The molecule has 0 bridgehead atoms. The number of hydrogen-bond acceptors (Lipinski definition) is 7. The van der Waals surface area contributed by atoms with Crippen LogP contribution in [0.1, 0.15) is 19.8 Å². The lowest BCUT2D eigenvalue weighted by Crippen LogP contribution is -2.58. The molecule has 0 aromatic rings. The van der Waals surface area contributed by atoms with E-state index in [-0.39, 0.29) is 13.0 Å². The molecule has 4 N–H and O–H groups in total.